The van der Waals surface area contributed by atoms with Crippen molar-refractivity contribution in [1.29, 1.82) is 0 Å². The van der Waals surface area contributed by atoms with Gasteiger partial charge in [-0.1, -0.05) is 70.4 Å². The highest BCUT2D eigenvalue weighted by molar-refractivity contribution is 5.99. The summed E-state index contributed by atoms with van der Waals surface area (Å²) >= 11 is 0. The zero-order valence-corrected chi connectivity index (χ0v) is 15.2. The standard InChI is InChI=1S/C20H32N2O2/c1-3-4-5-6-7-8-9-10-11-15-20(24)22-21-17(2)18-13-12-14-19(23)16-18/h12-14,16,23H,3-11,15H2,1-2H3,(H,22,24)/b21-17+. The Kier molecular flexibility index (Phi) is 10.6. The normalized spacial score (nSPS) is 11.5. The predicted molar refractivity (Wildman–Crippen MR) is 100 cm³/mol. The van der Waals surface area contributed by atoms with Gasteiger partial charge >= 0.3 is 0 Å². The van der Waals surface area contributed by atoms with Crippen LogP contribution in [0.4, 0.5) is 0 Å². The number of phenols is 1. The maximum Gasteiger partial charge on any atom is 0.240 e. The molecule has 0 aliphatic heterocycles. The van der Waals surface area contributed by atoms with E-state index < -0.39 is 0 Å². The smallest absolute Gasteiger partial charge is 0.240 e. The van der Waals surface area contributed by atoms with Gasteiger partial charge in [-0.3, -0.25) is 4.79 Å². The lowest BCUT2D eigenvalue weighted by molar-refractivity contribution is -0.121. The van der Waals surface area contributed by atoms with Crippen molar-refractivity contribution in [3.63, 3.8) is 0 Å². The minimum absolute atomic E-state index is 0.0440. The average molecular weight is 332 g/mol. The summed E-state index contributed by atoms with van der Waals surface area (Å²) in [6, 6.07) is 6.85. The molecule has 1 rings (SSSR count). The predicted octanol–water partition coefficient (Wildman–Crippen LogP) is 5.15. The average Bonchev–Trinajstić information content (AvgIpc) is 2.58. The zero-order valence-electron chi connectivity index (χ0n) is 15.2. The van der Waals surface area contributed by atoms with E-state index in [0.29, 0.717) is 12.1 Å². The van der Waals surface area contributed by atoms with Gasteiger partial charge in [0.1, 0.15) is 5.75 Å². The Hall–Kier alpha value is -1.84. The van der Waals surface area contributed by atoms with Gasteiger partial charge in [-0.2, -0.15) is 5.10 Å². The summed E-state index contributed by atoms with van der Waals surface area (Å²) < 4.78 is 0. The second-order valence-electron chi connectivity index (χ2n) is 6.36. The van der Waals surface area contributed by atoms with Gasteiger partial charge in [0.05, 0.1) is 5.71 Å². The quantitative estimate of drug-likeness (QED) is 0.316. The molecule has 1 aromatic rings. The molecule has 0 bridgehead atoms. The van der Waals surface area contributed by atoms with E-state index in [1.165, 1.54) is 44.9 Å². The minimum Gasteiger partial charge on any atom is -0.508 e. The molecule has 4 heteroatoms. The van der Waals surface area contributed by atoms with Crippen LogP contribution < -0.4 is 5.43 Å². The number of rotatable bonds is 12. The van der Waals surface area contributed by atoms with Crippen molar-refractivity contribution in [3.8, 4) is 5.75 Å². The van der Waals surface area contributed by atoms with E-state index >= 15 is 0 Å². The highest BCUT2D eigenvalue weighted by Gasteiger charge is 2.02. The molecule has 0 aliphatic carbocycles. The van der Waals surface area contributed by atoms with Crippen LogP contribution >= 0.6 is 0 Å². The number of carbonyl (C=O) groups excluding carboxylic acids is 1. The number of hydrogen-bond acceptors (Lipinski definition) is 3. The van der Waals surface area contributed by atoms with Crippen LogP contribution in [0.1, 0.15) is 83.6 Å². The molecular weight excluding hydrogens is 300 g/mol. The van der Waals surface area contributed by atoms with E-state index in [1.54, 1.807) is 18.2 Å². The first-order valence-corrected chi connectivity index (χ1v) is 9.26. The molecule has 24 heavy (non-hydrogen) atoms. The van der Waals surface area contributed by atoms with E-state index in [-0.39, 0.29) is 11.7 Å². The fourth-order valence-electron chi connectivity index (χ4n) is 2.59. The van der Waals surface area contributed by atoms with Crippen LogP contribution in [-0.4, -0.2) is 16.7 Å². The minimum atomic E-state index is -0.0440. The van der Waals surface area contributed by atoms with Gasteiger partial charge in [0.25, 0.3) is 0 Å². The van der Waals surface area contributed by atoms with Crippen LogP contribution in [0.3, 0.4) is 0 Å². The summed E-state index contributed by atoms with van der Waals surface area (Å²) in [5.41, 5.74) is 4.08. The van der Waals surface area contributed by atoms with Gasteiger partial charge in [-0.25, -0.2) is 5.43 Å². The molecule has 134 valence electrons. The largest absolute Gasteiger partial charge is 0.508 e. The molecule has 0 aliphatic rings. The first-order valence-electron chi connectivity index (χ1n) is 9.26. The number of benzene rings is 1. The molecule has 1 amide bonds. The number of carbonyl (C=O) groups is 1. The van der Waals surface area contributed by atoms with E-state index in [1.807, 2.05) is 13.0 Å². The van der Waals surface area contributed by atoms with Crippen LogP contribution in [-0.2, 0) is 4.79 Å². The fraction of sp³-hybridized carbons (Fsp3) is 0.600. The second-order valence-corrected chi connectivity index (χ2v) is 6.36. The van der Waals surface area contributed by atoms with Crippen molar-refractivity contribution >= 4 is 11.6 Å². The molecule has 0 saturated carbocycles. The summed E-state index contributed by atoms with van der Waals surface area (Å²) in [6.07, 6.45) is 11.7. The van der Waals surface area contributed by atoms with Crippen molar-refractivity contribution in [2.45, 2.75) is 78.1 Å². The highest BCUT2D eigenvalue weighted by Crippen LogP contribution is 2.12. The zero-order chi connectivity index (χ0) is 17.6. The molecular formula is C20H32N2O2. The number of amides is 1. The van der Waals surface area contributed by atoms with Crippen molar-refractivity contribution < 1.29 is 9.90 Å². The first-order chi connectivity index (χ1) is 11.6. The summed E-state index contributed by atoms with van der Waals surface area (Å²) in [4.78, 5) is 11.8. The van der Waals surface area contributed by atoms with Crippen LogP contribution in [0.25, 0.3) is 0 Å². The Bertz CT molecular complexity index is 512. The second kappa shape index (κ2) is 12.6. The molecule has 0 unspecified atom stereocenters. The number of hydrogen-bond donors (Lipinski definition) is 2. The van der Waals surface area contributed by atoms with Gasteiger partial charge in [0, 0.05) is 12.0 Å². The van der Waals surface area contributed by atoms with Crippen LogP contribution in [0.2, 0.25) is 0 Å². The lowest BCUT2D eigenvalue weighted by Crippen LogP contribution is -2.18. The van der Waals surface area contributed by atoms with Crippen molar-refractivity contribution in [2.24, 2.45) is 5.10 Å². The van der Waals surface area contributed by atoms with E-state index in [4.69, 9.17) is 0 Å². The molecule has 0 atom stereocenters. The van der Waals surface area contributed by atoms with E-state index in [9.17, 15) is 9.90 Å². The summed E-state index contributed by atoms with van der Waals surface area (Å²) in [6.45, 7) is 4.05. The molecule has 0 fully saturated rings. The summed E-state index contributed by atoms with van der Waals surface area (Å²) in [7, 11) is 0. The number of nitrogens with zero attached hydrogens (tertiary/aromatic N) is 1. The lowest BCUT2D eigenvalue weighted by atomic mass is 10.1. The van der Waals surface area contributed by atoms with Gasteiger partial charge in [0.15, 0.2) is 0 Å². The number of hydrazone groups is 1. The van der Waals surface area contributed by atoms with Crippen LogP contribution in [0.5, 0.6) is 5.75 Å². The number of phenolic OH excluding ortho intramolecular Hbond substituents is 1. The van der Waals surface area contributed by atoms with Crippen LogP contribution in [0.15, 0.2) is 29.4 Å². The van der Waals surface area contributed by atoms with Gasteiger partial charge in [0.2, 0.25) is 5.91 Å². The third-order valence-electron chi connectivity index (χ3n) is 4.12. The monoisotopic (exact) mass is 332 g/mol. The molecule has 0 heterocycles. The number of unbranched alkanes of at least 4 members (excludes halogenated alkanes) is 8. The molecule has 0 radical (unpaired) electrons. The van der Waals surface area contributed by atoms with E-state index in [2.05, 4.69) is 17.5 Å². The first kappa shape index (κ1) is 20.2. The molecule has 0 aromatic heterocycles. The van der Waals surface area contributed by atoms with E-state index in [0.717, 1.165) is 18.4 Å². The maximum atomic E-state index is 11.8. The summed E-state index contributed by atoms with van der Waals surface area (Å²) in [5, 5.41) is 13.5. The fourth-order valence-corrected chi connectivity index (χ4v) is 2.59. The Balaban J connectivity index is 2.10. The highest BCUT2D eigenvalue weighted by atomic mass is 16.3. The SMILES string of the molecule is CCCCCCCCCCCC(=O)N/N=C(\C)c1cccc(O)c1. The van der Waals surface area contributed by atoms with Crippen molar-refractivity contribution in [3.05, 3.63) is 29.8 Å². The third kappa shape index (κ3) is 9.33. The molecule has 1 aromatic carbocycles. The molecule has 0 spiro atoms. The van der Waals surface area contributed by atoms with Gasteiger partial charge in [-0.15, -0.1) is 0 Å². The summed E-state index contributed by atoms with van der Waals surface area (Å²) in [5.74, 6) is 0.153. The Morgan fingerprint density at radius 3 is 2.29 bits per heavy atom. The number of nitrogens with one attached hydrogen (secondary N) is 1. The lowest BCUT2D eigenvalue weighted by Gasteiger charge is -2.04. The van der Waals surface area contributed by atoms with Gasteiger partial charge in [-0.05, 0) is 25.5 Å². The Labute approximate surface area is 146 Å². The van der Waals surface area contributed by atoms with Crippen molar-refractivity contribution in [1.82, 2.24) is 5.43 Å². The molecule has 0 saturated heterocycles. The number of aromatic hydroxyl groups is 1. The third-order valence-corrected chi connectivity index (χ3v) is 4.12. The molecule has 4 nitrogen and oxygen atoms in total. The van der Waals surface area contributed by atoms with Gasteiger partial charge < -0.3 is 5.11 Å². The molecule has 2 N–H and O–H groups in total. The topological polar surface area (TPSA) is 61.7 Å². The van der Waals surface area contributed by atoms with Crippen LogP contribution in [0, 0.1) is 0 Å². The Morgan fingerprint density at radius 2 is 1.67 bits per heavy atom. The van der Waals surface area contributed by atoms with Crippen molar-refractivity contribution in [2.75, 3.05) is 0 Å². The maximum absolute atomic E-state index is 11.8. The Morgan fingerprint density at radius 1 is 1.04 bits per heavy atom.